The van der Waals surface area contributed by atoms with Crippen molar-refractivity contribution < 1.29 is 15.0 Å². The van der Waals surface area contributed by atoms with E-state index in [2.05, 4.69) is 4.98 Å². The number of rotatable bonds is 2. The van der Waals surface area contributed by atoms with Crippen LogP contribution >= 0.6 is 0 Å². The molecule has 1 aromatic carbocycles. The topological polar surface area (TPSA) is 70.4 Å². The number of carboxylic acids is 1. The molecule has 16 heavy (non-hydrogen) atoms. The molecule has 0 saturated carbocycles. The quantitative estimate of drug-likeness (QED) is 0.809. The normalized spacial score (nSPS) is 10.6. The Morgan fingerprint density at radius 3 is 2.88 bits per heavy atom. The second-order valence-electron chi connectivity index (χ2n) is 3.49. The molecular formula is C12H11NO3. The van der Waals surface area contributed by atoms with E-state index < -0.39 is 5.97 Å². The molecule has 0 spiro atoms. The van der Waals surface area contributed by atoms with Gasteiger partial charge in [-0.2, -0.15) is 0 Å². The van der Waals surface area contributed by atoms with E-state index in [1.165, 1.54) is 6.20 Å². The van der Waals surface area contributed by atoms with Crippen LogP contribution in [0.15, 0.2) is 24.4 Å². The van der Waals surface area contributed by atoms with E-state index in [0.717, 1.165) is 5.39 Å². The molecule has 0 unspecified atom stereocenters. The summed E-state index contributed by atoms with van der Waals surface area (Å²) in [5.41, 5.74) is 0.899. The summed E-state index contributed by atoms with van der Waals surface area (Å²) in [7, 11) is 0. The number of carboxylic acid groups (broad SMARTS) is 1. The monoisotopic (exact) mass is 217 g/mol. The highest BCUT2D eigenvalue weighted by Crippen LogP contribution is 2.30. The van der Waals surface area contributed by atoms with Crippen LogP contribution in [0.3, 0.4) is 0 Å². The summed E-state index contributed by atoms with van der Waals surface area (Å²) in [4.78, 5) is 15.0. The van der Waals surface area contributed by atoms with Crippen LogP contribution in [0.5, 0.6) is 5.75 Å². The fourth-order valence-corrected chi connectivity index (χ4v) is 1.78. The molecule has 2 rings (SSSR count). The Kier molecular flexibility index (Phi) is 2.48. The van der Waals surface area contributed by atoms with Crippen LogP contribution in [0.2, 0.25) is 0 Å². The Hall–Kier alpha value is -2.10. The Morgan fingerprint density at radius 2 is 2.25 bits per heavy atom. The molecule has 82 valence electrons. The van der Waals surface area contributed by atoms with Gasteiger partial charge in [0.25, 0.3) is 0 Å². The van der Waals surface area contributed by atoms with Crippen LogP contribution in [0.4, 0.5) is 0 Å². The summed E-state index contributed by atoms with van der Waals surface area (Å²) in [6.07, 6.45) is 2.08. The van der Waals surface area contributed by atoms with E-state index in [-0.39, 0.29) is 11.3 Å². The van der Waals surface area contributed by atoms with Gasteiger partial charge in [0.2, 0.25) is 0 Å². The molecule has 0 aliphatic rings. The summed E-state index contributed by atoms with van der Waals surface area (Å²) in [6.45, 7) is 1.85. The van der Waals surface area contributed by atoms with Gasteiger partial charge >= 0.3 is 5.97 Å². The molecule has 0 saturated heterocycles. The standard InChI is InChI=1S/C12H11NO3/c1-2-7-6-8-4-3-5-13-10(8)11(14)9(7)12(15)16/h3-6,14H,2H2,1H3,(H,15,16). The maximum atomic E-state index is 11.1. The summed E-state index contributed by atoms with van der Waals surface area (Å²) in [6, 6.07) is 5.31. The molecule has 0 radical (unpaired) electrons. The molecule has 2 aromatic rings. The first-order valence-electron chi connectivity index (χ1n) is 4.98. The van der Waals surface area contributed by atoms with Gasteiger partial charge in [0.05, 0.1) is 0 Å². The molecule has 0 aliphatic carbocycles. The molecule has 1 aromatic heterocycles. The van der Waals surface area contributed by atoms with Crippen LogP contribution in [0.25, 0.3) is 10.9 Å². The molecule has 0 fully saturated rings. The zero-order valence-corrected chi connectivity index (χ0v) is 8.77. The van der Waals surface area contributed by atoms with Crippen molar-refractivity contribution in [3.8, 4) is 5.75 Å². The third kappa shape index (κ3) is 1.48. The predicted molar refractivity (Wildman–Crippen MR) is 59.7 cm³/mol. The largest absolute Gasteiger partial charge is 0.505 e. The molecule has 0 aliphatic heterocycles. The Labute approximate surface area is 92.2 Å². The van der Waals surface area contributed by atoms with Crippen LogP contribution < -0.4 is 0 Å². The lowest BCUT2D eigenvalue weighted by molar-refractivity contribution is 0.0693. The Bertz CT molecular complexity index is 563. The molecule has 4 heteroatoms. The number of aryl methyl sites for hydroxylation is 1. The first-order valence-corrected chi connectivity index (χ1v) is 4.98. The van der Waals surface area contributed by atoms with Crippen LogP contribution in [0, 0.1) is 0 Å². The lowest BCUT2D eigenvalue weighted by Gasteiger charge is -2.08. The second kappa shape index (κ2) is 3.81. The van der Waals surface area contributed by atoms with Gasteiger partial charge in [-0.05, 0) is 24.1 Å². The number of aromatic nitrogens is 1. The zero-order valence-electron chi connectivity index (χ0n) is 8.77. The second-order valence-corrected chi connectivity index (χ2v) is 3.49. The molecule has 0 atom stereocenters. The van der Waals surface area contributed by atoms with Gasteiger partial charge in [-0.15, -0.1) is 0 Å². The summed E-state index contributed by atoms with van der Waals surface area (Å²) in [5.74, 6) is -1.37. The number of pyridine rings is 1. The minimum absolute atomic E-state index is 0.0475. The first-order chi connectivity index (χ1) is 7.65. The van der Waals surface area contributed by atoms with E-state index in [4.69, 9.17) is 5.11 Å². The highest BCUT2D eigenvalue weighted by Gasteiger charge is 2.18. The van der Waals surface area contributed by atoms with Crippen molar-refractivity contribution in [2.45, 2.75) is 13.3 Å². The van der Waals surface area contributed by atoms with Gasteiger partial charge in [-0.25, -0.2) is 4.79 Å². The lowest BCUT2D eigenvalue weighted by atomic mass is 10.0. The van der Waals surface area contributed by atoms with E-state index >= 15 is 0 Å². The number of carbonyl (C=O) groups is 1. The average Bonchev–Trinajstić information content (AvgIpc) is 2.28. The molecule has 4 nitrogen and oxygen atoms in total. The van der Waals surface area contributed by atoms with Crippen molar-refractivity contribution in [2.24, 2.45) is 0 Å². The van der Waals surface area contributed by atoms with Gasteiger partial charge in [0.15, 0.2) is 5.75 Å². The number of hydrogen-bond donors (Lipinski definition) is 2. The number of aromatic carboxylic acids is 1. The Balaban J connectivity index is 2.87. The summed E-state index contributed by atoms with van der Waals surface area (Å²) >= 11 is 0. The lowest BCUT2D eigenvalue weighted by Crippen LogP contribution is -2.03. The minimum atomic E-state index is -1.12. The molecule has 0 amide bonds. The van der Waals surface area contributed by atoms with E-state index in [1.807, 2.05) is 6.92 Å². The van der Waals surface area contributed by atoms with Crippen LogP contribution in [-0.2, 0) is 6.42 Å². The number of phenols is 1. The van der Waals surface area contributed by atoms with Gasteiger partial charge in [-0.1, -0.05) is 13.0 Å². The van der Waals surface area contributed by atoms with E-state index in [0.29, 0.717) is 17.5 Å². The SMILES string of the molecule is CCc1cc2cccnc2c(O)c1C(=O)O. The highest BCUT2D eigenvalue weighted by atomic mass is 16.4. The number of benzene rings is 1. The maximum absolute atomic E-state index is 11.1. The fraction of sp³-hybridized carbons (Fsp3) is 0.167. The maximum Gasteiger partial charge on any atom is 0.339 e. The molecular weight excluding hydrogens is 206 g/mol. The number of nitrogens with zero attached hydrogens (tertiary/aromatic N) is 1. The van der Waals surface area contributed by atoms with Gasteiger partial charge in [0.1, 0.15) is 11.1 Å². The number of hydrogen-bond acceptors (Lipinski definition) is 3. The van der Waals surface area contributed by atoms with Crippen molar-refractivity contribution in [1.29, 1.82) is 0 Å². The van der Waals surface area contributed by atoms with Gasteiger partial charge in [-0.3, -0.25) is 4.98 Å². The van der Waals surface area contributed by atoms with Crippen LogP contribution in [-0.4, -0.2) is 21.2 Å². The van der Waals surface area contributed by atoms with Gasteiger partial charge < -0.3 is 10.2 Å². The number of fused-ring (bicyclic) bond motifs is 1. The summed E-state index contributed by atoms with van der Waals surface area (Å²) < 4.78 is 0. The smallest absolute Gasteiger partial charge is 0.339 e. The van der Waals surface area contributed by atoms with Crippen molar-refractivity contribution in [2.75, 3.05) is 0 Å². The Morgan fingerprint density at radius 1 is 1.50 bits per heavy atom. The zero-order chi connectivity index (χ0) is 11.7. The van der Waals surface area contributed by atoms with E-state index in [9.17, 15) is 9.90 Å². The van der Waals surface area contributed by atoms with Crippen molar-refractivity contribution in [3.05, 3.63) is 35.5 Å². The molecule has 2 N–H and O–H groups in total. The van der Waals surface area contributed by atoms with Crippen LogP contribution in [0.1, 0.15) is 22.8 Å². The average molecular weight is 217 g/mol. The molecule has 0 bridgehead atoms. The molecule has 1 heterocycles. The van der Waals surface area contributed by atoms with Crippen molar-refractivity contribution in [1.82, 2.24) is 4.98 Å². The third-order valence-corrected chi connectivity index (χ3v) is 2.55. The number of aromatic hydroxyl groups is 1. The van der Waals surface area contributed by atoms with Gasteiger partial charge in [0, 0.05) is 11.6 Å². The van der Waals surface area contributed by atoms with Crippen molar-refractivity contribution in [3.63, 3.8) is 0 Å². The van der Waals surface area contributed by atoms with Crippen molar-refractivity contribution >= 4 is 16.9 Å². The summed E-state index contributed by atoms with van der Waals surface area (Å²) in [5, 5.41) is 19.7. The fourth-order valence-electron chi connectivity index (χ4n) is 1.78. The highest BCUT2D eigenvalue weighted by molar-refractivity contribution is 6.00. The minimum Gasteiger partial charge on any atom is -0.505 e. The third-order valence-electron chi connectivity index (χ3n) is 2.55. The predicted octanol–water partition coefficient (Wildman–Crippen LogP) is 2.20. The first kappa shape index (κ1) is 10.4. The van der Waals surface area contributed by atoms with E-state index in [1.54, 1.807) is 18.2 Å².